The first kappa shape index (κ1) is 29.2. The number of aliphatic carboxylic acids is 1. The molecule has 7 nitrogen and oxygen atoms in total. The molecule has 5 rings (SSSR count). The molecule has 1 aromatic heterocycles. The summed E-state index contributed by atoms with van der Waals surface area (Å²) in [5.41, 5.74) is 5.61. The molecule has 3 aliphatic rings. The predicted molar refractivity (Wildman–Crippen MR) is 159 cm³/mol. The summed E-state index contributed by atoms with van der Waals surface area (Å²) in [5, 5.41) is 13.2. The van der Waals surface area contributed by atoms with E-state index in [1.54, 1.807) is 6.20 Å². The summed E-state index contributed by atoms with van der Waals surface area (Å²) in [6.07, 6.45) is 12.8. The van der Waals surface area contributed by atoms with Gasteiger partial charge in [-0.1, -0.05) is 0 Å². The number of carboxylic acid groups (broad SMARTS) is 1. The second-order valence-corrected chi connectivity index (χ2v) is 13.3. The predicted octanol–water partition coefficient (Wildman–Crippen LogP) is 3.64. The molecule has 1 fully saturated rings. The zero-order valence-electron chi connectivity index (χ0n) is 23.7. The van der Waals surface area contributed by atoms with Gasteiger partial charge in [0.15, 0.2) is 0 Å². The van der Waals surface area contributed by atoms with Gasteiger partial charge >= 0.3 is 254 Å². The maximum atomic E-state index is 11.7. The number of halogens is 1. The van der Waals surface area contributed by atoms with Crippen LogP contribution in [0.4, 0.5) is 5.95 Å². The van der Waals surface area contributed by atoms with E-state index in [-0.39, 0.29) is 11.8 Å². The topological polar surface area (TPSA) is 96.7 Å². The second kappa shape index (κ2) is 14.1. The average molecular weight is 666 g/mol. The summed E-state index contributed by atoms with van der Waals surface area (Å²) in [5.74, 6) is 0.896. The van der Waals surface area contributed by atoms with E-state index in [9.17, 15) is 9.90 Å². The van der Waals surface area contributed by atoms with E-state index < -0.39 is 27.2 Å². The number of benzene rings is 1. The third kappa shape index (κ3) is 7.52. The first-order valence-electron chi connectivity index (χ1n) is 14.4. The molecule has 1 saturated carbocycles. The van der Waals surface area contributed by atoms with Crippen molar-refractivity contribution in [2.24, 2.45) is 22.7 Å². The Kier molecular flexibility index (Phi) is 10.0. The monoisotopic (exact) mass is 665 g/mol. The minimum atomic E-state index is -0.694. The Morgan fingerprint density at radius 1 is 1.12 bits per heavy atom. The van der Waals surface area contributed by atoms with Gasteiger partial charge in [0.2, 0.25) is 0 Å². The van der Waals surface area contributed by atoms with Crippen molar-refractivity contribution >= 4 is 18.1 Å². The van der Waals surface area contributed by atoms with Gasteiger partial charge in [0.1, 0.15) is 0 Å². The second-order valence-electron chi connectivity index (χ2n) is 10.9. The van der Waals surface area contributed by atoms with Gasteiger partial charge in [0.05, 0.1) is 0 Å². The Bertz CT molecular complexity index is 1400. The van der Waals surface area contributed by atoms with Crippen molar-refractivity contribution < 1.29 is 35.8 Å². The molecule has 1 unspecified atom stereocenters. The number of allylic oxidation sites excluding steroid dienone is 5. The van der Waals surface area contributed by atoms with E-state index in [2.05, 4.69) is 58.7 Å². The van der Waals surface area contributed by atoms with Crippen LogP contribution in [-0.2, 0) is 9.53 Å². The van der Waals surface area contributed by atoms with Crippen LogP contribution >= 0.6 is 0 Å². The first-order valence-corrected chi connectivity index (χ1v) is 16.8. The molecule has 2 aromatic rings. The fraction of sp³-hybridized carbons (Fsp3) is 0.394. The zero-order chi connectivity index (χ0) is 28.6. The molecule has 0 saturated heterocycles. The summed E-state index contributed by atoms with van der Waals surface area (Å²) >= 11 is -0.415. The van der Waals surface area contributed by atoms with Crippen molar-refractivity contribution in [1.82, 2.24) is 9.97 Å². The summed E-state index contributed by atoms with van der Waals surface area (Å²) in [4.78, 5) is 25.7. The van der Waals surface area contributed by atoms with Crippen molar-refractivity contribution in [3.63, 3.8) is 0 Å². The van der Waals surface area contributed by atoms with E-state index in [0.717, 1.165) is 61.2 Å². The van der Waals surface area contributed by atoms with Crippen molar-refractivity contribution in [2.75, 3.05) is 25.0 Å². The number of hydrogen-bond donors (Lipinski definition) is 2. The van der Waals surface area contributed by atoms with Crippen LogP contribution in [0.15, 0.2) is 89.9 Å². The number of rotatable bonds is 9. The van der Waals surface area contributed by atoms with Crippen LogP contribution in [-0.4, -0.2) is 47.0 Å². The standard InChI is InChI=1S/C33H38IN4O3/c1-22-14-16-35-19-28(27(22)20-37-33-36-17-15-30(38-33)24-8-4-3-5-9-24)29-12-13-31(23(2)18-34-29)41-21-25-10-6-7-11-26(25)32(39)40/h3-5,8-9,12-13,15,17-19,22,25-26H,6-7,10-11,14,16,20-21H2,1-2H3,(H,39,40)(H,36,37,38)/q-1/t22?,25-,26+/m1/s1. The number of aromatic nitrogens is 2. The number of nitrogens with one attached hydrogen (secondary N) is 1. The molecular formula is C33H38IN4O3-. The van der Waals surface area contributed by atoms with Gasteiger partial charge in [-0.3, -0.25) is 0 Å². The molecule has 0 amide bonds. The van der Waals surface area contributed by atoms with E-state index in [1.165, 1.54) is 14.7 Å². The van der Waals surface area contributed by atoms with Crippen LogP contribution < -0.4 is 26.5 Å². The first-order chi connectivity index (χ1) is 20.0. The number of anilines is 1. The minimum absolute atomic E-state index is 0.0641. The molecule has 8 heteroatoms. The molecule has 3 atom stereocenters. The van der Waals surface area contributed by atoms with Crippen molar-refractivity contribution in [3.8, 4) is 11.3 Å². The Morgan fingerprint density at radius 3 is 2.78 bits per heavy atom. The molecule has 1 aliphatic carbocycles. The van der Waals surface area contributed by atoms with Gasteiger partial charge in [-0.05, 0) is 0 Å². The number of nitrogens with zero attached hydrogens (tertiary/aromatic N) is 3. The van der Waals surface area contributed by atoms with Gasteiger partial charge in [-0.2, -0.15) is 0 Å². The van der Waals surface area contributed by atoms with Crippen LogP contribution in [0.2, 0.25) is 0 Å². The SMILES string of the molecule is CC1=C[I-]C(C2=C(CNc3nccc(-c4ccccc4)n3)C(C)CCN=C2)=CC=C1OC[C@H]1CCCC[C@@H]1C(=O)O. The van der Waals surface area contributed by atoms with E-state index in [0.29, 0.717) is 25.0 Å². The van der Waals surface area contributed by atoms with Gasteiger partial charge in [-0.15, -0.1) is 0 Å². The summed E-state index contributed by atoms with van der Waals surface area (Å²) < 4.78 is 9.89. The van der Waals surface area contributed by atoms with Crippen LogP contribution in [0.1, 0.15) is 46.0 Å². The molecule has 0 radical (unpaired) electrons. The Morgan fingerprint density at radius 2 is 1.95 bits per heavy atom. The number of aliphatic imine (C=N–C) groups is 1. The third-order valence-electron chi connectivity index (χ3n) is 8.06. The number of hydrogen-bond acceptors (Lipinski definition) is 6. The van der Waals surface area contributed by atoms with Gasteiger partial charge in [0, 0.05) is 0 Å². The molecule has 2 N–H and O–H groups in total. The Balaban J connectivity index is 1.35. The van der Waals surface area contributed by atoms with E-state index in [4.69, 9.17) is 14.7 Å². The summed E-state index contributed by atoms with van der Waals surface area (Å²) in [6.45, 7) is 6.28. The molecule has 2 aliphatic heterocycles. The molecule has 216 valence electrons. The van der Waals surface area contributed by atoms with Crippen LogP contribution in [0.5, 0.6) is 0 Å². The van der Waals surface area contributed by atoms with Crippen molar-refractivity contribution in [3.05, 3.63) is 84.9 Å². The van der Waals surface area contributed by atoms with Gasteiger partial charge in [0.25, 0.3) is 0 Å². The third-order valence-corrected chi connectivity index (χ3v) is 10.9. The fourth-order valence-electron chi connectivity index (χ4n) is 5.57. The van der Waals surface area contributed by atoms with Crippen LogP contribution in [0.25, 0.3) is 11.3 Å². The van der Waals surface area contributed by atoms with Crippen LogP contribution in [0.3, 0.4) is 0 Å². The fourth-order valence-corrected chi connectivity index (χ4v) is 7.89. The van der Waals surface area contributed by atoms with Crippen molar-refractivity contribution in [1.29, 1.82) is 0 Å². The number of carboxylic acids is 1. The van der Waals surface area contributed by atoms with Gasteiger partial charge in [-0.25, -0.2) is 0 Å². The van der Waals surface area contributed by atoms with E-state index >= 15 is 0 Å². The van der Waals surface area contributed by atoms with Crippen molar-refractivity contribution in [2.45, 2.75) is 46.0 Å². The molecule has 3 heterocycles. The number of carbonyl (C=O) groups is 1. The zero-order valence-corrected chi connectivity index (χ0v) is 25.9. The van der Waals surface area contributed by atoms with E-state index in [1.807, 2.05) is 24.3 Å². The molecule has 1 aromatic carbocycles. The van der Waals surface area contributed by atoms with Crippen LogP contribution in [0, 0.1) is 17.8 Å². The number of ether oxygens (including phenoxy) is 1. The van der Waals surface area contributed by atoms with Gasteiger partial charge < -0.3 is 0 Å². The average Bonchev–Trinajstić information content (AvgIpc) is 3.30. The molecule has 41 heavy (non-hydrogen) atoms. The molecular weight excluding hydrogens is 627 g/mol. The normalized spacial score (nSPS) is 23.3. The molecule has 0 bridgehead atoms. The Labute approximate surface area is 252 Å². The maximum absolute atomic E-state index is 11.7. The summed E-state index contributed by atoms with van der Waals surface area (Å²) in [6, 6.07) is 12.1. The quantitative estimate of drug-likeness (QED) is 0.398. The summed E-state index contributed by atoms with van der Waals surface area (Å²) in [7, 11) is 0. The Hall–Kier alpha value is -3.27. The molecule has 0 spiro atoms.